The fourth-order valence-electron chi connectivity index (χ4n) is 1.42. The lowest BCUT2D eigenvalue weighted by Gasteiger charge is -2.13. The van der Waals surface area contributed by atoms with Crippen LogP contribution in [0.15, 0.2) is 23.1 Å². The fraction of sp³-hybridized carbons (Fsp3) is 0.417. The highest BCUT2D eigenvalue weighted by Crippen LogP contribution is 2.28. The van der Waals surface area contributed by atoms with Crippen LogP contribution in [0.1, 0.15) is 12.5 Å². The fourth-order valence-corrected chi connectivity index (χ4v) is 2.05. The van der Waals surface area contributed by atoms with Crippen LogP contribution < -0.4 is 10.5 Å². The van der Waals surface area contributed by atoms with Gasteiger partial charge in [-0.15, -0.1) is 11.8 Å². The number of benzene rings is 1. The monoisotopic (exact) mass is 254 g/mol. The van der Waals surface area contributed by atoms with Gasteiger partial charge in [-0.2, -0.15) is 0 Å². The predicted molar refractivity (Wildman–Crippen MR) is 71.2 cm³/mol. The van der Waals surface area contributed by atoms with Gasteiger partial charge in [0.1, 0.15) is 18.2 Å². The summed E-state index contributed by atoms with van der Waals surface area (Å²) in [7, 11) is 0. The maximum atomic E-state index is 7.59. The summed E-state index contributed by atoms with van der Waals surface area (Å²) in [6.45, 7) is 3.62. The Morgan fingerprint density at radius 1 is 1.41 bits per heavy atom. The van der Waals surface area contributed by atoms with Crippen LogP contribution in [0.25, 0.3) is 0 Å². The Bertz CT molecular complexity index is 383. The maximum Gasteiger partial charge on any atom is 0.131 e. The van der Waals surface area contributed by atoms with Gasteiger partial charge in [0.2, 0.25) is 0 Å². The highest BCUT2D eigenvalue weighted by atomic mass is 32.2. The normalized spacial score (nSPS) is 10.2. The van der Waals surface area contributed by atoms with Gasteiger partial charge in [0.15, 0.2) is 0 Å². The number of hydrogen-bond donors (Lipinski definition) is 2. The predicted octanol–water partition coefficient (Wildman–Crippen LogP) is 2.11. The van der Waals surface area contributed by atoms with Crippen LogP contribution in [-0.4, -0.2) is 31.9 Å². The van der Waals surface area contributed by atoms with Crippen LogP contribution in [0.3, 0.4) is 0 Å². The van der Waals surface area contributed by atoms with Crippen molar-refractivity contribution in [1.82, 2.24) is 0 Å². The molecule has 1 aromatic carbocycles. The van der Waals surface area contributed by atoms with Gasteiger partial charge >= 0.3 is 0 Å². The lowest BCUT2D eigenvalue weighted by atomic mass is 10.2. The zero-order valence-corrected chi connectivity index (χ0v) is 11.0. The molecule has 0 radical (unpaired) electrons. The lowest BCUT2D eigenvalue weighted by molar-refractivity contribution is 0.110. The first-order valence-electron chi connectivity index (χ1n) is 5.42. The van der Waals surface area contributed by atoms with Crippen molar-refractivity contribution in [2.75, 3.05) is 26.1 Å². The Balaban J connectivity index is 2.79. The number of nitrogens with one attached hydrogen (secondary N) is 1. The van der Waals surface area contributed by atoms with E-state index in [4.69, 9.17) is 20.6 Å². The van der Waals surface area contributed by atoms with Crippen molar-refractivity contribution in [3.63, 3.8) is 0 Å². The number of nitrogen functional groups attached to an aromatic ring is 1. The van der Waals surface area contributed by atoms with Gasteiger partial charge < -0.3 is 15.2 Å². The van der Waals surface area contributed by atoms with Gasteiger partial charge in [0, 0.05) is 11.5 Å². The minimum atomic E-state index is 0.0290. The third-order valence-electron chi connectivity index (χ3n) is 2.17. The Morgan fingerprint density at radius 2 is 2.18 bits per heavy atom. The maximum absolute atomic E-state index is 7.59. The summed E-state index contributed by atoms with van der Waals surface area (Å²) < 4.78 is 10.8. The molecule has 0 aliphatic rings. The molecule has 0 aliphatic carbocycles. The Labute approximate surface area is 106 Å². The quantitative estimate of drug-likeness (QED) is 0.338. The second-order valence-corrected chi connectivity index (χ2v) is 4.14. The Kier molecular flexibility index (Phi) is 5.86. The van der Waals surface area contributed by atoms with Crippen molar-refractivity contribution in [3.05, 3.63) is 23.8 Å². The number of amidine groups is 1. The van der Waals surface area contributed by atoms with Gasteiger partial charge in [0.05, 0.1) is 12.2 Å². The Hall–Kier alpha value is -1.20. The van der Waals surface area contributed by atoms with Crippen molar-refractivity contribution in [2.24, 2.45) is 5.73 Å². The summed E-state index contributed by atoms with van der Waals surface area (Å²) in [5.41, 5.74) is 6.24. The van der Waals surface area contributed by atoms with Gasteiger partial charge in [0.25, 0.3) is 0 Å². The molecule has 3 N–H and O–H groups in total. The molecular formula is C12H18N2O2S. The molecule has 17 heavy (non-hydrogen) atoms. The summed E-state index contributed by atoms with van der Waals surface area (Å²) in [6, 6.07) is 5.65. The molecule has 5 heteroatoms. The zero-order valence-electron chi connectivity index (χ0n) is 10.2. The molecule has 0 atom stereocenters. The van der Waals surface area contributed by atoms with E-state index >= 15 is 0 Å². The van der Waals surface area contributed by atoms with Crippen molar-refractivity contribution in [1.29, 1.82) is 5.41 Å². The van der Waals surface area contributed by atoms with E-state index in [0.29, 0.717) is 31.1 Å². The molecule has 0 unspecified atom stereocenters. The van der Waals surface area contributed by atoms with E-state index in [0.717, 1.165) is 4.90 Å². The van der Waals surface area contributed by atoms with Crippen LogP contribution in [0.2, 0.25) is 0 Å². The van der Waals surface area contributed by atoms with Gasteiger partial charge in [-0.25, -0.2) is 0 Å². The third kappa shape index (κ3) is 3.94. The van der Waals surface area contributed by atoms with E-state index in [-0.39, 0.29) is 5.84 Å². The van der Waals surface area contributed by atoms with Gasteiger partial charge in [-0.3, -0.25) is 5.41 Å². The molecule has 0 saturated heterocycles. The SMILES string of the molecule is CCOCCOc1cccc(SC)c1C(=N)N. The number of nitrogens with two attached hydrogens (primary N) is 1. The molecule has 0 amide bonds. The summed E-state index contributed by atoms with van der Waals surface area (Å²) in [5, 5.41) is 7.59. The lowest BCUT2D eigenvalue weighted by Crippen LogP contribution is -2.16. The van der Waals surface area contributed by atoms with E-state index in [1.54, 1.807) is 11.8 Å². The average Bonchev–Trinajstić information content (AvgIpc) is 2.33. The third-order valence-corrected chi connectivity index (χ3v) is 2.95. The summed E-state index contributed by atoms with van der Waals surface area (Å²) in [5.74, 6) is 0.672. The molecule has 0 bridgehead atoms. The molecule has 0 aromatic heterocycles. The second-order valence-electron chi connectivity index (χ2n) is 3.29. The van der Waals surface area contributed by atoms with Crippen molar-refractivity contribution in [2.45, 2.75) is 11.8 Å². The zero-order chi connectivity index (χ0) is 12.7. The topological polar surface area (TPSA) is 68.3 Å². The van der Waals surface area contributed by atoms with E-state index in [2.05, 4.69) is 0 Å². The molecule has 0 fully saturated rings. The number of rotatable bonds is 7. The first kappa shape index (κ1) is 13.9. The van der Waals surface area contributed by atoms with Crippen LogP contribution in [-0.2, 0) is 4.74 Å². The molecule has 0 aliphatic heterocycles. The van der Waals surface area contributed by atoms with E-state index in [9.17, 15) is 0 Å². The van der Waals surface area contributed by atoms with Crippen LogP contribution in [0.5, 0.6) is 5.75 Å². The second kappa shape index (κ2) is 7.19. The number of hydrogen-bond acceptors (Lipinski definition) is 4. The van der Waals surface area contributed by atoms with E-state index in [1.807, 2.05) is 31.4 Å². The van der Waals surface area contributed by atoms with E-state index in [1.165, 1.54) is 0 Å². The standard InChI is InChI=1S/C12H18N2O2S/c1-3-15-7-8-16-9-5-4-6-10(17-2)11(9)12(13)14/h4-6H,3,7-8H2,1-2H3,(H3,13,14). The first-order chi connectivity index (χ1) is 8.20. The number of ether oxygens (including phenoxy) is 2. The number of thioether (sulfide) groups is 1. The molecule has 1 rings (SSSR count). The van der Waals surface area contributed by atoms with Gasteiger partial charge in [-0.05, 0) is 25.3 Å². The summed E-state index contributed by atoms with van der Waals surface area (Å²) in [4.78, 5) is 0.950. The minimum Gasteiger partial charge on any atom is -0.490 e. The van der Waals surface area contributed by atoms with E-state index < -0.39 is 0 Å². The molecular weight excluding hydrogens is 236 g/mol. The van der Waals surface area contributed by atoms with Crippen molar-refractivity contribution >= 4 is 17.6 Å². The first-order valence-corrected chi connectivity index (χ1v) is 6.65. The van der Waals surface area contributed by atoms with Crippen LogP contribution >= 0.6 is 11.8 Å². The van der Waals surface area contributed by atoms with Gasteiger partial charge in [-0.1, -0.05) is 6.07 Å². The summed E-state index contributed by atoms with van der Waals surface area (Å²) in [6.07, 6.45) is 1.95. The van der Waals surface area contributed by atoms with Crippen molar-refractivity contribution < 1.29 is 9.47 Å². The highest BCUT2D eigenvalue weighted by Gasteiger charge is 2.11. The molecule has 0 saturated carbocycles. The smallest absolute Gasteiger partial charge is 0.131 e. The molecule has 1 aromatic rings. The molecule has 0 heterocycles. The highest BCUT2D eigenvalue weighted by molar-refractivity contribution is 7.98. The van der Waals surface area contributed by atoms with Crippen LogP contribution in [0, 0.1) is 5.41 Å². The minimum absolute atomic E-state index is 0.0290. The Morgan fingerprint density at radius 3 is 2.76 bits per heavy atom. The molecule has 4 nitrogen and oxygen atoms in total. The largest absolute Gasteiger partial charge is 0.490 e. The summed E-state index contributed by atoms with van der Waals surface area (Å²) >= 11 is 1.55. The van der Waals surface area contributed by atoms with Crippen molar-refractivity contribution in [3.8, 4) is 5.75 Å². The van der Waals surface area contributed by atoms with Crippen LogP contribution in [0.4, 0.5) is 0 Å². The molecule has 0 spiro atoms. The average molecular weight is 254 g/mol. The molecule has 94 valence electrons.